The molecule has 0 aromatic carbocycles. The Morgan fingerprint density at radius 1 is 1.65 bits per heavy atom. The fourth-order valence-corrected chi connectivity index (χ4v) is 1.82. The van der Waals surface area contributed by atoms with Crippen LogP contribution >= 0.6 is 0 Å². The summed E-state index contributed by atoms with van der Waals surface area (Å²) in [6, 6.07) is -0.522. The number of hydrogen-bond acceptors (Lipinski definition) is 5. The molecule has 108 valence electrons. The molecular weight excluding hydrogens is 263 g/mol. The average molecular weight is 280 g/mol. The number of ether oxygens (including phenoxy) is 1. The molecule has 0 aliphatic carbocycles. The average Bonchev–Trinajstić information content (AvgIpc) is 2.38. The Kier molecular flexibility index (Phi) is 6.79. The summed E-state index contributed by atoms with van der Waals surface area (Å²) in [7, 11) is 5.07. The first-order valence-electron chi connectivity index (χ1n) is 6.35. The lowest BCUT2D eigenvalue weighted by molar-refractivity contribution is -0.145. The van der Waals surface area contributed by atoms with E-state index in [9.17, 15) is 14.4 Å². The summed E-state index contributed by atoms with van der Waals surface area (Å²) in [6.45, 7) is 2.36. The maximum absolute atomic E-state index is 11.6. The maximum Gasteiger partial charge on any atom is 0.330 e. The molecule has 8 heteroatoms. The Balaban J connectivity index is 2.61. The van der Waals surface area contributed by atoms with Gasteiger partial charge in [0.2, 0.25) is 13.8 Å². The SMILES string of the molecule is [B]C(=O)NC(C=CC(=O)OCC)CC1CCONC1=O. The molecule has 0 saturated carbocycles. The van der Waals surface area contributed by atoms with Crippen LogP contribution in [0.2, 0.25) is 0 Å². The van der Waals surface area contributed by atoms with E-state index in [4.69, 9.17) is 17.4 Å². The fourth-order valence-electron chi connectivity index (χ4n) is 1.82. The molecule has 0 aromatic heterocycles. The quantitative estimate of drug-likeness (QED) is 0.399. The highest BCUT2D eigenvalue weighted by molar-refractivity contribution is 6.57. The lowest BCUT2D eigenvalue weighted by Crippen LogP contribution is -2.42. The van der Waals surface area contributed by atoms with E-state index in [2.05, 4.69) is 10.8 Å². The summed E-state index contributed by atoms with van der Waals surface area (Å²) in [6.07, 6.45) is 3.54. The molecule has 20 heavy (non-hydrogen) atoms. The second kappa shape index (κ2) is 8.37. The van der Waals surface area contributed by atoms with E-state index in [1.165, 1.54) is 12.2 Å². The maximum atomic E-state index is 11.6. The molecule has 2 amide bonds. The lowest BCUT2D eigenvalue weighted by atomic mass is 9.94. The van der Waals surface area contributed by atoms with Gasteiger partial charge in [-0.15, -0.1) is 0 Å². The highest BCUT2D eigenvalue weighted by atomic mass is 16.7. The first-order valence-corrected chi connectivity index (χ1v) is 6.35. The smallest absolute Gasteiger partial charge is 0.330 e. The Labute approximate surface area is 118 Å². The van der Waals surface area contributed by atoms with Crippen LogP contribution in [0.3, 0.4) is 0 Å². The third-order valence-electron chi connectivity index (χ3n) is 2.73. The summed E-state index contributed by atoms with van der Waals surface area (Å²) in [4.78, 5) is 38.5. The van der Waals surface area contributed by atoms with Crippen LogP contribution in [0.15, 0.2) is 12.2 Å². The van der Waals surface area contributed by atoms with E-state index >= 15 is 0 Å². The van der Waals surface area contributed by atoms with E-state index in [0.717, 1.165) is 0 Å². The van der Waals surface area contributed by atoms with Gasteiger partial charge >= 0.3 is 5.97 Å². The van der Waals surface area contributed by atoms with Crippen molar-refractivity contribution in [1.29, 1.82) is 0 Å². The van der Waals surface area contributed by atoms with Gasteiger partial charge in [-0.25, -0.2) is 10.3 Å². The molecule has 2 radical (unpaired) electrons. The number of rotatable bonds is 6. The Hall–Kier alpha value is -1.83. The number of carbonyl (C=O) groups excluding carboxylic acids is 3. The van der Waals surface area contributed by atoms with Crippen molar-refractivity contribution in [2.24, 2.45) is 5.92 Å². The summed E-state index contributed by atoms with van der Waals surface area (Å²) >= 11 is 0. The third-order valence-corrected chi connectivity index (χ3v) is 2.73. The number of hydrogen-bond donors (Lipinski definition) is 2. The standard InChI is InChI=1S/C12H17BN2O5/c1-2-19-10(16)4-3-9(14-12(13)18)7-8-5-6-20-15-11(8)17/h3-4,8-9H,2,5-7H2,1H3,(H,14,18)(H,15,17). The molecular formula is C12H17BN2O5. The van der Waals surface area contributed by atoms with Crippen LogP contribution in [0.25, 0.3) is 0 Å². The van der Waals surface area contributed by atoms with Crippen LogP contribution in [-0.4, -0.2) is 44.8 Å². The molecule has 1 rings (SSSR count). The summed E-state index contributed by atoms with van der Waals surface area (Å²) in [5.41, 5.74) is 2.28. The van der Waals surface area contributed by atoms with Gasteiger partial charge in [0, 0.05) is 18.0 Å². The number of amides is 2. The van der Waals surface area contributed by atoms with Gasteiger partial charge in [-0.3, -0.25) is 14.4 Å². The lowest BCUT2D eigenvalue weighted by Gasteiger charge is -2.24. The zero-order valence-corrected chi connectivity index (χ0v) is 11.3. The molecule has 0 bridgehead atoms. The predicted octanol–water partition coefficient (Wildman–Crippen LogP) is -0.190. The van der Waals surface area contributed by atoms with Crippen LogP contribution in [-0.2, 0) is 19.2 Å². The highest BCUT2D eigenvalue weighted by Gasteiger charge is 2.25. The fraction of sp³-hybridized carbons (Fsp3) is 0.583. The van der Waals surface area contributed by atoms with Crippen LogP contribution in [0, 0.1) is 5.92 Å². The van der Waals surface area contributed by atoms with Crippen molar-refractivity contribution in [3.63, 3.8) is 0 Å². The van der Waals surface area contributed by atoms with Gasteiger partial charge in [0.15, 0.2) is 5.81 Å². The van der Waals surface area contributed by atoms with Crippen LogP contribution in [0.4, 0.5) is 4.79 Å². The van der Waals surface area contributed by atoms with Crippen molar-refractivity contribution < 1.29 is 24.0 Å². The van der Waals surface area contributed by atoms with Crippen molar-refractivity contribution >= 4 is 25.5 Å². The molecule has 1 aliphatic heterocycles. The minimum atomic E-state index is -0.726. The van der Waals surface area contributed by atoms with Crippen LogP contribution in [0.5, 0.6) is 0 Å². The molecule has 1 fully saturated rings. The first kappa shape index (κ1) is 16.2. The van der Waals surface area contributed by atoms with Crippen LogP contribution in [0.1, 0.15) is 19.8 Å². The molecule has 1 saturated heterocycles. The van der Waals surface area contributed by atoms with Gasteiger partial charge < -0.3 is 10.1 Å². The second-order valence-corrected chi connectivity index (χ2v) is 4.26. The van der Waals surface area contributed by atoms with Gasteiger partial charge in [-0.2, -0.15) is 0 Å². The van der Waals surface area contributed by atoms with Gasteiger partial charge in [0.1, 0.15) is 0 Å². The monoisotopic (exact) mass is 280 g/mol. The molecule has 0 aromatic rings. The zero-order valence-electron chi connectivity index (χ0n) is 11.3. The molecule has 1 aliphatic rings. The zero-order chi connectivity index (χ0) is 15.0. The molecule has 0 spiro atoms. The molecule has 1 heterocycles. The summed E-state index contributed by atoms with van der Waals surface area (Å²) < 4.78 is 4.74. The molecule has 7 nitrogen and oxygen atoms in total. The predicted molar refractivity (Wildman–Crippen MR) is 70.7 cm³/mol. The summed E-state index contributed by atoms with van der Waals surface area (Å²) in [5, 5.41) is 2.47. The van der Waals surface area contributed by atoms with E-state index < -0.39 is 17.8 Å². The van der Waals surface area contributed by atoms with Crippen LogP contribution < -0.4 is 10.8 Å². The highest BCUT2D eigenvalue weighted by Crippen LogP contribution is 2.16. The van der Waals surface area contributed by atoms with Crippen molar-refractivity contribution in [2.45, 2.75) is 25.8 Å². The Bertz CT molecular complexity index is 399. The van der Waals surface area contributed by atoms with E-state index in [1.807, 2.05) is 0 Å². The first-order chi connectivity index (χ1) is 9.52. The van der Waals surface area contributed by atoms with Crippen molar-refractivity contribution in [2.75, 3.05) is 13.2 Å². The Morgan fingerprint density at radius 2 is 2.40 bits per heavy atom. The van der Waals surface area contributed by atoms with E-state index in [1.54, 1.807) is 6.92 Å². The van der Waals surface area contributed by atoms with Gasteiger partial charge in [0.05, 0.1) is 13.2 Å². The van der Waals surface area contributed by atoms with Gasteiger partial charge in [-0.1, -0.05) is 6.08 Å². The molecule has 2 N–H and O–H groups in total. The van der Waals surface area contributed by atoms with E-state index in [-0.39, 0.29) is 18.4 Å². The molecule has 2 unspecified atom stereocenters. The van der Waals surface area contributed by atoms with Crippen molar-refractivity contribution in [3.8, 4) is 0 Å². The minimum absolute atomic E-state index is 0.253. The minimum Gasteiger partial charge on any atom is -0.463 e. The van der Waals surface area contributed by atoms with Crippen molar-refractivity contribution in [1.82, 2.24) is 10.8 Å². The third kappa shape index (κ3) is 5.88. The van der Waals surface area contributed by atoms with Gasteiger partial charge in [-0.05, 0) is 19.8 Å². The molecule has 2 atom stereocenters. The van der Waals surface area contributed by atoms with Crippen molar-refractivity contribution in [3.05, 3.63) is 12.2 Å². The second-order valence-electron chi connectivity index (χ2n) is 4.26. The normalized spacial score (nSPS) is 20.2. The number of hydroxylamine groups is 1. The number of carbonyl (C=O) groups is 3. The number of esters is 1. The summed E-state index contributed by atoms with van der Waals surface area (Å²) in [5.74, 6) is -1.80. The topological polar surface area (TPSA) is 93.7 Å². The largest absolute Gasteiger partial charge is 0.463 e. The Morgan fingerprint density at radius 3 is 3.00 bits per heavy atom. The number of nitrogens with one attached hydrogen (secondary N) is 2. The van der Waals surface area contributed by atoms with Gasteiger partial charge in [0.25, 0.3) is 0 Å². The van der Waals surface area contributed by atoms with E-state index in [0.29, 0.717) is 19.4 Å².